The van der Waals surface area contributed by atoms with Gasteiger partial charge in [0.25, 0.3) is 5.91 Å². The zero-order chi connectivity index (χ0) is 21.8. The fourth-order valence-corrected chi connectivity index (χ4v) is 3.34. The molecule has 154 valence electrons. The van der Waals surface area contributed by atoms with Crippen molar-refractivity contribution in [1.29, 1.82) is 0 Å². The minimum atomic E-state index is -0.299. The SMILES string of the molecule is Cc1cc(C)cc(NC(=O)c2cccc(Nc3cc(-c4ccc(F)cc4)ncn3)c2)c1. The van der Waals surface area contributed by atoms with Gasteiger partial charge in [-0.2, -0.15) is 0 Å². The standard InChI is InChI=1S/C25H21FN4O/c1-16-10-17(2)12-22(11-16)30-25(31)19-4-3-5-21(13-19)29-24-14-23(27-15-28-24)18-6-8-20(26)9-7-18/h3-15H,1-2H3,(H,30,31)(H,27,28,29). The van der Waals surface area contributed by atoms with E-state index in [0.717, 1.165) is 28.1 Å². The number of carbonyl (C=O) groups excluding carboxylic acids is 1. The molecule has 0 aliphatic heterocycles. The number of carbonyl (C=O) groups is 1. The average Bonchev–Trinajstić information content (AvgIpc) is 2.74. The number of benzene rings is 3. The van der Waals surface area contributed by atoms with Gasteiger partial charge in [-0.05, 0) is 79.6 Å². The summed E-state index contributed by atoms with van der Waals surface area (Å²) in [4.78, 5) is 21.2. The summed E-state index contributed by atoms with van der Waals surface area (Å²) >= 11 is 0. The van der Waals surface area contributed by atoms with E-state index in [0.29, 0.717) is 17.1 Å². The molecule has 0 saturated carbocycles. The number of hydrogen-bond acceptors (Lipinski definition) is 4. The van der Waals surface area contributed by atoms with Crippen molar-refractivity contribution in [3.63, 3.8) is 0 Å². The highest BCUT2D eigenvalue weighted by atomic mass is 19.1. The highest BCUT2D eigenvalue weighted by molar-refractivity contribution is 6.05. The third-order valence-corrected chi connectivity index (χ3v) is 4.68. The predicted molar refractivity (Wildman–Crippen MR) is 121 cm³/mol. The number of nitrogens with one attached hydrogen (secondary N) is 2. The van der Waals surface area contributed by atoms with Gasteiger partial charge in [0, 0.05) is 28.6 Å². The molecule has 0 aliphatic rings. The number of anilines is 3. The van der Waals surface area contributed by atoms with Crippen LogP contribution in [0.2, 0.25) is 0 Å². The summed E-state index contributed by atoms with van der Waals surface area (Å²) in [7, 11) is 0. The summed E-state index contributed by atoms with van der Waals surface area (Å²) in [6.45, 7) is 3.99. The second-order valence-electron chi connectivity index (χ2n) is 7.33. The van der Waals surface area contributed by atoms with E-state index in [9.17, 15) is 9.18 Å². The van der Waals surface area contributed by atoms with Crippen LogP contribution >= 0.6 is 0 Å². The highest BCUT2D eigenvalue weighted by Crippen LogP contribution is 2.22. The molecular formula is C25H21FN4O. The molecule has 0 atom stereocenters. The van der Waals surface area contributed by atoms with E-state index in [4.69, 9.17) is 0 Å². The first-order valence-corrected chi connectivity index (χ1v) is 9.81. The summed E-state index contributed by atoms with van der Waals surface area (Å²) in [5.41, 5.74) is 5.64. The lowest BCUT2D eigenvalue weighted by molar-refractivity contribution is 0.102. The molecule has 1 aromatic heterocycles. The van der Waals surface area contributed by atoms with Crippen LogP contribution in [0.3, 0.4) is 0 Å². The number of aromatic nitrogens is 2. The van der Waals surface area contributed by atoms with Gasteiger partial charge in [-0.15, -0.1) is 0 Å². The molecular weight excluding hydrogens is 391 g/mol. The molecule has 2 N–H and O–H groups in total. The van der Waals surface area contributed by atoms with Crippen LogP contribution in [0.1, 0.15) is 21.5 Å². The number of hydrogen-bond donors (Lipinski definition) is 2. The van der Waals surface area contributed by atoms with E-state index >= 15 is 0 Å². The number of halogens is 1. The van der Waals surface area contributed by atoms with Crippen molar-refractivity contribution in [2.24, 2.45) is 0 Å². The van der Waals surface area contributed by atoms with Crippen molar-refractivity contribution < 1.29 is 9.18 Å². The van der Waals surface area contributed by atoms with Gasteiger partial charge in [0.2, 0.25) is 0 Å². The predicted octanol–water partition coefficient (Wildman–Crippen LogP) is 5.90. The molecule has 1 amide bonds. The summed E-state index contributed by atoms with van der Waals surface area (Å²) in [6.07, 6.45) is 1.44. The minimum Gasteiger partial charge on any atom is -0.340 e. The Hall–Kier alpha value is -4.06. The van der Waals surface area contributed by atoms with Crippen LogP contribution in [-0.2, 0) is 0 Å². The van der Waals surface area contributed by atoms with E-state index in [2.05, 4.69) is 26.7 Å². The lowest BCUT2D eigenvalue weighted by Crippen LogP contribution is -2.12. The first-order valence-electron chi connectivity index (χ1n) is 9.81. The van der Waals surface area contributed by atoms with Crippen molar-refractivity contribution in [3.05, 3.63) is 102 Å². The monoisotopic (exact) mass is 412 g/mol. The maximum Gasteiger partial charge on any atom is 0.255 e. The lowest BCUT2D eigenvalue weighted by Gasteiger charge is -2.10. The molecule has 0 bridgehead atoms. The summed E-state index contributed by atoms with van der Waals surface area (Å²) in [6, 6.07) is 21.0. The normalized spacial score (nSPS) is 10.5. The van der Waals surface area contributed by atoms with Gasteiger partial charge >= 0.3 is 0 Å². The molecule has 0 saturated heterocycles. The van der Waals surface area contributed by atoms with Crippen LogP contribution in [0, 0.1) is 19.7 Å². The molecule has 4 aromatic rings. The highest BCUT2D eigenvalue weighted by Gasteiger charge is 2.09. The topological polar surface area (TPSA) is 66.9 Å². The first kappa shape index (κ1) is 20.2. The van der Waals surface area contributed by atoms with Crippen molar-refractivity contribution in [3.8, 4) is 11.3 Å². The zero-order valence-electron chi connectivity index (χ0n) is 17.2. The zero-order valence-corrected chi connectivity index (χ0v) is 17.2. The molecule has 0 aliphatic carbocycles. The van der Waals surface area contributed by atoms with Crippen LogP contribution in [0.15, 0.2) is 79.1 Å². The molecule has 3 aromatic carbocycles. The van der Waals surface area contributed by atoms with Crippen molar-refractivity contribution in [2.75, 3.05) is 10.6 Å². The Morgan fingerprint density at radius 2 is 1.58 bits per heavy atom. The Morgan fingerprint density at radius 3 is 2.32 bits per heavy atom. The van der Waals surface area contributed by atoms with Crippen LogP contribution < -0.4 is 10.6 Å². The van der Waals surface area contributed by atoms with Crippen molar-refractivity contribution in [1.82, 2.24) is 9.97 Å². The van der Waals surface area contributed by atoms with Gasteiger partial charge in [-0.1, -0.05) is 12.1 Å². The number of amides is 1. The van der Waals surface area contributed by atoms with Crippen molar-refractivity contribution in [2.45, 2.75) is 13.8 Å². The van der Waals surface area contributed by atoms with E-state index in [1.54, 1.807) is 36.4 Å². The van der Waals surface area contributed by atoms with Crippen molar-refractivity contribution >= 4 is 23.1 Å². The van der Waals surface area contributed by atoms with Gasteiger partial charge in [0.15, 0.2) is 0 Å². The molecule has 0 spiro atoms. The largest absolute Gasteiger partial charge is 0.340 e. The number of nitrogens with zero attached hydrogens (tertiary/aromatic N) is 2. The van der Waals surface area contributed by atoms with Crippen LogP contribution in [0.5, 0.6) is 0 Å². The Bertz CT molecular complexity index is 1220. The summed E-state index contributed by atoms with van der Waals surface area (Å²) in [5, 5.41) is 6.14. The van der Waals surface area contributed by atoms with E-state index in [1.165, 1.54) is 18.5 Å². The first-order chi connectivity index (χ1) is 15.0. The molecule has 0 radical (unpaired) electrons. The van der Waals surface area contributed by atoms with Gasteiger partial charge in [0.05, 0.1) is 5.69 Å². The summed E-state index contributed by atoms with van der Waals surface area (Å²) < 4.78 is 13.2. The fourth-order valence-electron chi connectivity index (χ4n) is 3.34. The Balaban J connectivity index is 1.51. The Labute approximate surface area is 180 Å². The second-order valence-corrected chi connectivity index (χ2v) is 7.33. The van der Waals surface area contributed by atoms with E-state index in [1.807, 2.05) is 32.0 Å². The molecule has 5 nitrogen and oxygen atoms in total. The third-order valence-electron chi connectivity index (χ3n) is 4.68. The maximum atomic E-state index is 13.2. The number of aryl methyl sites for hydroxylation is 2. The average molecular weight is 412 g/mol. The van der Waals surface area contributed by atoms with Crippen LogP contribution in [0.4, 0.5) is 21.6 Å². The molecule has 31 heavy (non-hydrogen) atoms. The van der Waals surface area contributed by atoms with E-state index in [-0.39, 0.29) is 11.7 Å². The Kier molecular flexibility index (Phi) is 5.71. The van der Waals surface area contributed by atoms with Crippen LogP contribution in [0.25, 0.3) is 11.3 Å². The fraction of sp³-hybridized carbons (Fsp3) is 0.0800. The second kappa shape index (κ2) is 8.75. The third kappa shape index (κ3) is 5.11. The molecule has 6 heteroatoms. The Morgan fingerprint density at radius 1 is 0.839 bits per heavy atom. The van der Waals surface area contributed by atoms with Gasteiger partial charge in [-0.25, -0.2) is 14.4 Å². The smallest absolute Gasteiger partial charge is 0.255 e. The van der Waals surface area contributed by atoms with Gasteiger partial charge in [0.1, 0.15) is 18.0 Å². The van der Waals surface area contributed by atoms with E-state index < -0.39 is 0 Å². The quantitative estimate of drug-likeness (QED) is 0.429. The maximum absolute atomic E-state index is 13.2. The molecule has 4 rings (SSSR count). The molecule has 1 heterocycles. The summed E-state index contributed by atoms with van der Waals surface area (Å²) in [5.74, 6) is 0.0802. The lowest BCUT2D eigenvalue weighted by atomic mass is 10.1. The van der Waals surface area contributed by atoms with Gasteiger partial charge < -0.3 is 10.6 Å². The van der Waals surface area contributed by atoms with Gasteiger partial charge in [-0.3, -0.25) is 4.79 Å². The molecule has 0 fully saturated rings. The molecule has 0 unspecified atom stereocenters. The van der Waals surface area contributed by atoms with Crippen LogP contribution in [-0.4, -0.2) is 15.9 Å². The minimum absolute atomic E-state index is 0.191. The number of rotatable bonds is 5.